The number of aliphatic hydroxyl groups excluding tert-OH is 1. The van der Waals surface area contributed by atoms with E-state index in [-0.39, 0.29) is 0 Å². The predicted octanol–water partition coefficient (Wildman–Crippen LogP) is 5.27. The fourth-order valence-corrected chi connectivity index (χ4v) is 7.42. The molecule has 4 saturated carbocycles. The van der Waals surface area contributed by atoms with Gasteiger partial charge in [-0.25, -0.2) is 0 Å². The molecule has 4 rings (SSSR count). The van der Waals surface area contributed by atoms with E-state index in [0.717, 1.165) is 24.2 Å². The smallest absolute Gasteiger partial charge is 0.0436 e. The molecule has 1 N–H and O–H groups in total. The van der Waals surface area contributed by atoms with Crippen LogP contribution in [0.15, 0.2) is 0 Å². The van der Waals surface area contributed by atoms with Crippen LogP contribution < -0.4 is 0 Å². The van der Waals surface area contributed by atoms with Crippen molar-refractivity contribution >= 4 is 0 Å². The molecule has 0 aromatic rings. The van der Waals surface area contributed by atoms with Crippen molar-refractivity contribution in [3.63, 3.8) is 0 Å². The molecule has 4 fully saturated rings. The second-order valence-electron chi connectivity index (χ2n) is 10.9. The molecule has 0 aliphatic heterocycles. The number of hydrogen-bond acceptors (Lipinski definition) is 1. The number of aliphatic hydroxyl groups is 1. The summed E-state index contributed by atoms with van der Waals surface area (Å²) in [5.74, 6) is 2.64. The quantitative estimate of drug-likeness (QED) is 0.734. The first-order chi connectivity index (χ1) is 9.53. The molecule has 1 heteroatoms. The van der Waals surface area contributed by atoms with Gasteiger partial charge >= 0.3 is 0 Å². The molecule has 4 aliphatic rings. The molecule has 0 spiro atoms. The molecule has 0 amide bonds. The van der Waals surface area contributed by atoms with Crippen molar-refractivity contribution in [2.75, 3.05) is 6.61 Å². The van der Waals surface area contributed by atoms with E-state index < -0.39 is 0 Å². The van der Waals surface area contributed by atoms with Crippen molar-refractivity contribution in [3.8, 4) is 0 Å². The lowest BCUT2D eigenvalue weighted by molar-refractivity contribution is -0.220. The minimum Gasteiger partial charge on any atom is -0.396 e. The monoisotopic (exact) mass is 292 g/mol. The van der Waals surface area contributed by atoms with E-state index in [2.05, 4.69) is 41.5 Å². The first-order valence-corrected chi connectivity index (χ1v) is 9.14. The van der Waals surface area contributed by atoms with Gasteiger partial charge in [0, 0.05) is 6.61 Å². The predicted molar refractivity (Wildman–Crippen MR) is 89.0 cm³/mol. The van der Waals surface area contributed by atoms with Crippen LogP contribution in [-0.4, -0.2) is 11.7 Å². The molecule has 122 valence electrons. The molecular weight excluding hydrogens is 256 g/mol. The highest BCUT2D eigenvalue weighted by Gasteiger charge is 2.66. The van der Waals surface area contributed by atoms with Gasteiger partial charge in [-0.2, -0.15) is 0 Å². The van der Waals surface area contributed by atoms with E-state index >= 15 is 0 Å². The van der Waals surface area contributed by atoms with Gasteiger partial charge in [-0.1, -0.05) is 41.5 Å². The minimum absolute atomic E-state index is 0.381. The highest BCUT2D eigenvalue weighted by Crippen LogP contribution is 2.74. The van der Waals surface area contributed by atoms with Gasteiger partial charge in [0.05, 0.1) is 0 Å². The van der Waals surface area contributed by atoms with Gasteiger partial charge in [-0.3, -0.25) is 0 Å². The van der Waals surface area contributed by atoms with Crippen LogP contribution in [0.2, 0.25) is 0 Å². The summed E-state index contributed by atoms with van der Waals surface area (Å²) in [5.41, 5.74) is 1.75. The van der Waals surface area contributed by atoms with E-state index in [0.29, 0.717) is 28.3 Å². The largest absolute Gasteiger partial charge is 0.396 e. The lowest BCUT2D eigenvalue weighted by atomic mass is 9.34. The second-order valence-corrected chi connectivity index (χ2v) is 10.9. The summed E-state index contributed by atoms with van der Waals surface area (Å²) in [6.07, 6.45) is 8.18. The Morgan fingerprint density at radius 1 is 1.00 bits per heavy atom. The Bertz CT molecular complexity index is 413. The Kier molecular flexibility index (Phi) is 3.39. The van der Waals surface area contributed by atoms with E-state index in [9.17, 15) is 5.11 Å². The van der Waals surface area contributed by atoms with Crippen molar-refractivity contribution in [2.45, 2.75) is 80.1 Å². The summed E-state index contributed by atoms with van der Waals surface area (Å²) < 4.78 is 0. The highest BCUT2D eigenvalue weighted by atomic mass is 16.3. The fourth-order valence-electron chi connectivity index (χ4n) is 7.42. The summed E-state index contributed by atoms with van der Waals surface area (Å²) in [6, 6.07) is 0. The number of rotatable bonds is 2. The Balaban J connectivity index is 2.05. The second kappa shape index (κ2) is 4.49. The average molecular weight is 293 g/mol. The minimum atomic E-state index is 0.381. The van der Waals surface area contributed by atoms with Crippen molar-refractivity contribution < 1.29 is 5.11 Å². The zero-order valence-corrected chi connectivity index (χ0v) is 15.1. The van der Waals surface area contributed by atoms with Crippen LogP contribution in [-0.2, 0) is 0 Å². The molecule has 4 aliphatic carbocycles. The lowest BCUT2D eigenvalue weighted by Gasteiger charge is -2.71. The Morgan fingerprint density at radius 3 is 2.19 bits per heavy atom. The zero-order valence-electron chi connectivity index (χ0n) is 15.1. The summed E-state index contributed by atoms with van der Waals surface area (Å²) in [6.45, 7) is 15.1. The van der Waals surface area contributed by atoms with Crippen LogP contribution in [0, 0.1) is 39.4 Å². The van der Waals surface area contributed by atoms with Crippen LogP contribution in [0.1, 0.15) is 80.1 Å². The van der Waals surface area contributed by atoms with Gasteiger partial charge in [0.25, 0.3) is 0 Å². The summed E-state index contributed by atoms with van der Waals surface area (Å²) in [5, 5.41) is 9.80. The molecule has 0 radical (unpaired) electrons. The standard InChI is InChI=1S/C20H36O/c1-17(2,3)16-15-9-14-10-19(16,7-8-21)13-20(11-14,12-15)18(4,5)6/h14-16,21H,7-13H2,1-6H3. The van der Waals surface area contributed by atoms with Crippen molar-refractivity contribution in [1.29, 1.82) is 0 Å². The van der Waals surface area contributed by atoms with E-state index in [1.54, 1.807) is 0 Å². The normalized spacial score (nSPS) is 46.1. The Morgan fingerprint density at radius 2 is 1.67 bits per heavy atom. The summed E-state index contributed by atoms with van der Waals surface area (Å²) in [4.78, 5) is 0. The van der Waals surface area contributed by atoms with Crippen LogP contribution in [0.3, 0.4) is 0 Å². The molecule has 0 aromatic carbocycles. The van der Waals surface area contributed by atoms with Crippen LogP contribution >= 0.6 is 0 Å². The SMILES string of the molecule is CC(C)(C)C1C2CC3CC1(CCO)CC(C(C)(C)C)(C3)C2. The molecule has 0 heterocycles. The maximum Gasteiger partial charge on any atom is 0.0436 e. The molecule has 21 heavy (non-hydrogen) atoms. The first kappa shape index (κ1) is 15.8. The summed E-state index contributed by atoms with van der Waals surface area (Å²) >= 11 is 0. The van der Waals surface area contributed by atoms with E-state index in [1.165, 1.54) is 32.1 Å². The van der Waals surface area contributed by atoms with Gasteiger partial charge in [0.15, 0.2) is 0 Å². The van der Waals surface area contributed by atoms with Gasteiger partial charge in [-0.05, 0) is 77.9 Å². The van der Waals surface area contributed by atoms with Crippen LogP contribution in [0.4, 0.5) is 0 Å². The van der Waals surface area contributed by atoms with E-state index in [4.69, 9.17) is 0 Å². The van der Waals surface area contributed by atoms with Crippen molar-refractivity contribution in [3.05, 3.63) is 0 Å². The third kappa shape index (κ3) is 2.21. The van der Waals surface area contributed by atoms with Gasteiger partial charge in [0.1, 0.15) is 0 Å². The highest BCUT2D eigenvalue weighted by molar-refractivity contribution is 5.15. The maximum absolute atomic E-state index is 9.80. The van der Waals surface area contributed by atoms with Gasteiger partial charge in [0.2, 0.25) is 0 Å². The molecule has 4 bridgehead atoms. The Labute approximate surface area is 131 Å². The molecule has 5 unspecified atom stereocenters. The first-order valence-electron chi connectivity index (χ1n) is 9.14. The topological polar surface area (TPSA) is 20.2 Å². The zero-order chi connectivity index (χ0) is 15.7. The molecule has 0 aromatic heterocycles. The number of hydrogen-bond donors (Lipinski definition) is 1. The third-order valence-corrected chi connectivity index (χ3v) is 7.62. The van der Waals surface area contributed by atoms with Crippen molar-refractivity contribution in [1.82, 2.24) is 0 Å². The lowest BCUT2D eigenvalue weighted by Crippen LogP contribution is -2.63. The maximum atomic E-state index is 9.80. The molecular formula is C20H36O. The van der Waals surface area contributed by atoms with Crippen LogP contribution in [0.25, 0.3) is 0 Å². The van der Waals surface area contributed by atoms with Crippen molar-refractivity contribution in [2.24, 2.45) is 39.4 Å². The third-order valence-electron chi connectivity index (χ3n) is 7.62. The molecule has 0 saturated heterocycles. The van der Waals surface area contributed by atoms with Crippen LogP contribution in [0.5, 0.6) is 0 Å². The molecule has 5 atom stereocenters. The van der Waals surface area contributed by atoms with Gasteiger partial charge in [-0.15, -0.1) is 0 Å². The van der Waals surface area contributed by atoms with E-state index in [1.807, 2.05) is 0 Å². The average Bonchev–Trinajstić information content (AvgIpc) is 2.23. The fraction of sp³-hybridized carbons (Fsp3) is 1.00. The molecule has 1 nitrogen and oxygen atoms in total. The van der Waals surface area contributed by atoms with Gasteiger partial charge < -0.3 is 5.11 Å². The summed E-state index contributed by atoms with van der Waals surface area (Å²) in [7, 11) is 0. The Hall–Kier alpha value is -0.0400.